The van der Waals surface area contributed by atoms with E-state index >= 15 is 4.39 Å². The lowest BCUT2D eigenvalue weighted by Crippen LogP contribution is -2.35. The monoisotopic (exact) mass is 614 g/mol. The van der Waals surface area contributed by atoms with Gasteiger partial charge in [0, 0.05) is 6.42 Å². The molecule has 2 unspecified atom stereocenters. The summed E-state index contributed by atoms with van der Waals surface area (Å²) in [7, 11) is 0. The average Bonchev–Trinajstić information content (AvgIpc) is 3.48. The fourth-order valence-corrected chi connectivity index (χ4v) is 6.94. The number of halogens is 1. The van der Waals surface area contributed by atoms with E-state index in [4.69, 9.17) is 36.1 Å². The first-order valence-corrected chi connectivity index (χ1v) is 14.6. The van der Waals surface area contributed by atoms with Crippen molar-refractivity contribution in [1.82, 2.24) is 44.5 Å². The first-order chi connectivity index (χ1) is 19.5. The molecule has 3 fully saturated rings. The van der Waals surface area contributed by atoms with Crippen LogP contribution in [0, 0.1) is 0 Å². The van der Waals surface area contributed by atoms with Gasteiger partial charge < -0.3 is 39.8 Å². The molecule has 218 valence electrons. The van der Waals surface area contributed by atoms with E-state index < -0.39 is 73.1 Å². The summed E-state index contributed by atoms with van der Waals surface area (Å²) >= 11 is 5.17. The van der Waals surface area contributed by atoms with Crippen molar-refractivity contribution >= 4 is 46.8 Å². The minimum Gasteiger partial charge on any atom is -0.394 e. The number of H-pyrrole nitrogens is 2. The molecule has 6 heterocycles. The number of alkyl halides is 1. The molecule has 3 aliphatic rings. The van der Waals surface area contributed by atoms with Crippen LogP contribution in [-0.2, 0) is 30.3 Å². The first kappa shape index (κ1) is 26.6. The lowest BCUT2D eigenvalue weighted by atomic mass is 10.2. The van der Waals surface area contributed by atoms with E-state index in [2.05, 4.69) is 35.2 Å². The highest BCUT2D eigenvalue weighted by atomic mass is 32.5. The molecule has 7 rings (SSSR count). The molecule has 4 aromatic rings. The molecule has 0 amide bonds. The van der Waals surface area contributed by atoms with Crippen molar-refractivity contribution in [3.63, 3.8) is 0 Å². The van der Waals surface area contributed by atoms with E-state index in [0.29, 0.717) is 0 Å². The number of nitrogens with two attached hydrogens (primary N) is 1. The number of ether oxygens (including phenoxy) is 2. The van der Waals surface area contributed by atoms with Gasteiger partial charge in [0.2, 0.25) is 5.95 Å². The summed E-state index contributed by atoms with van der Waals surface area (Å²) in [6.07, 6.45) is -6.78. The Labute approximate surface area is 230 Å². The molecule has 7 N–H and O–H groups in total. The van der Waals surface area contributed by atoms with Gasteiger partial charge in [-0.1, -0.05) is 5.21 Å². The largest absolute Gasteiger partial charge is 0.394 e. The fraction of sp³-hybridized carbons (Fsp3) is 0.526. The fourth-order valence-electron chi connectivity index (χ4n) is 5.18. The molecule has 4 aromatic heterocycles. The number of nitrogens with zero attached hydrogens (tertiary/aromatic N) is 7. The number of imidazole rings is 1. The second-order valence-corrected chi connectivity index (χ2v) is 12.4. The van der Waals surface area contributed by atoms with Crippen LogP contribution in [0.15, 0.2) is 22.2 Å². The van der Waals surface area contributed by atoms with Gasteiger partial charge in [-0.05, 0) is 11.8 Å². The van der Waals surface area contributed by atoms with Crippen LogP contribution in [0.3, 0.4) is 0 Å². The summed E-state index contributed by atoms with van der Waals surface area (Å²) in [5.74, 6) is -0.178. The molecule has 22 heteroatoms. The normalized spacial score (nSPS) is 34.3. The highest BCUT2D eigenvalue weighted by molar-refractivity contribution is 8.07. The van der Waals surface area contributed by atoms with Crippen LogP contribution in [-0.4, -0.2) is 102 Å². The molecule has 41 heavy (non-hydrogen) atoms. The number of fused-ring (bicyclic) bond motifs is 3. The number of hydrogen-bond acceptors (Lipinski definition) is 15. The molecule has 2 aliphatic heterocycles. The minimum atomic E-state index is -4.21. The summed E-state index contributed by atoms with van der Waals surface area (Å²) in [5.41, 5.74) is 2.06. The van der Waals surface area contributed by atoms with Crippen molar-refractivity contribution in [2.75, 3.05) is 12.3 Å². The maximum atomic E-state index is 15.5. The summed E-state index contributed by atoms with van der Waals surface area (Å²) in [6, 6.07) is 0. The third kappa shape index (κ3) is 4.04. The summed E-state index contributed by atoms with van der Waals surface area (Å²) in [4.78, 5) is 51.7. The van der Waals surface area contributed by atoms with Crippen LogP contribution in [0.4, 0.5) is 10.3 Å². The second kappa shape index (κ2) is 9.11. The predicted molar refractivity (Wildman–Crippen MR) is 134 cm³/mol. The summed E-state index contributed by atoms with van der Waals surface area (Å²) in [6.45, 7) is -4.62. The van der Waals surface area contributed by atoms with E-state index in [1.165, 1.54) is 10.9 Å². The van der Waals surface area contributed by atoms with Crippen LogP contribution in [0.2, 0.25) is 0 Å². The molecule has 0 radical (unpaired) electrons. The Bertz CT molecular complexity index is 1850. The van der Waals surface area contributed by atoms with E-state index in [-0.39, 0.29) is 34.7 Å². The van der Waals surface area contributed by atoms with Crippen molar-refractivity contribution in [2.24, 2.45) is 0 Å². The van der Waals surface area contributed by atoms with Crippen molar-refractivity contribution in [3.05, 3.63) is 33.4 Å². The highest BCUT2D eigenvalue weighted by Gasteiger charge is 2.80. The third-order valence-electron chi connectivity index (χ3n) is 7.15. The van der Waals surface area contributed by atoms with Gasteiger partial charge in [-0.3, -0.25) is 23.7 Å². The van der Waals surface area contributed by atoms with Gasteiger partial charge in [0.25, 0.3) is 11.1 Å². The molecular formula is C19H20FN10O9PS. The standard InChI is InChI=1S/C19H20FN10O9PS/c20-9-17(30-12-8(27-28-30)14(32)23-3-22-12)37-10-11(19(9,10)34)39-40(35,41)38-6-1-5(2-31)36-16(6)29-4-24-7-13(29)25-18(21)26-15(7)33/h3-6,9-11,16-17,31,34H,1-2H2,(H,35,41)(H,22,23,32)(H3,21,25,26,33)/t5-,6+,9+,10+,11?,16+,17+,19-,40?/m0/s1. The van der Waals surface area contributed by atoms with Gasteiger partial charge in [-0.2, -0.15) is 9.67 Å². The quantitative estimate of drug-likeness (QED) is 0.117. The van der Waals surface area contributed by atoms with Gasteiger partial charge in [-0.25, -0.2) is 14.4 Å². The molecule has 9 atom stereocenters. The Balaban J connectivity index is 1.09. The molecule has 1 saturated carbocycles. The van der Waals surface area contributed by atoms with Crippen LogP contribution >= 0.6 is 6.72 Å². The lowest BCUT2D eigenvalue weighted by molar-refractivity contribution is -0.0694. The van der Waals surface area contributed by atoms with Crippen molar-refractivity contribution in [1.29, 1.82) is 0 Å². The molecule has 19 nitrogen and oxygen atoms in total. The molecule has 0 bridgehead atoms. The van der Waals surface area contributed by atoms with E-state index in [0.717, 1.165) is 11.0 Å². The number of nitrogens with one attached hydrogen (secondary N) is 2. The van der Waals surface area contributed by atoms with E-state index in [1.807, 2.05) is 0 Å². The van der Waals surface area contributed by atoms with Gasteiger partial charge in [0.15, 0.2) is 46.6 Å². The van der Waals surface area contributed by atoms with Crippen LogP contribution in [0.5, 0.6) is 0 Å². The number of hydrogen-bond donors (Lipinski definition) is 6. The van der Waals surface area contributed by atoms with Crippen LogP contribution in [0.25, 0.3) is 22.3 Å². The smallest absolute Gasteiger partial charge is 0.325 e. The Hall–Kier alpha value is -3.27. The number of aromatic amines is 2. The highest BCUT2D eigenvalue weighted by Crippen LogP contribution is 2.62. The third-order valence-corrected chi connectivity index (χ3v) is 8.70. The first-order valence-electron chi connectivity index (χ1n) is 12.0. The van der Waals surface area contributed by atoms with Crippen LogP contribution < -0.4 is 16.9 Å². The number of aliphatic hydroxyl groups excluding tert-OH is 1. The predicted octanol–water partition coefficient (Wildman–Crippen LogP) is -2.52. The number of rotatable bonds is 7. The van der Waals surface area contributed by atoms with Crippen molar-refractivity contribution in [2.45, 2.75) is 55.1 Å². The SMILES string of the molecule is Nc1nc2c(ncn2[C@@H]2O[C@H](CO)C[C@H]2OP(O)(=S)OC2[C@H]3O[C@@H](n4nnc5c(=O)[nH]cnc54)[C@@H](F)[C@@]23O)c(=O)[nH]1. The molecule has 0 spiro atoms. The zero-order valence-electron chi connectivity index (χ0n) is 20.3. The Morgan fingerprint density at radius 1 is 1.22 bits per heavy atom. The topological polar surface area (TPSA) is 264 Å². The maximum Gasteiger partial charge on any atom is 0.325 e. The second-order valence-electron chi connectivity index (χ2n) is 9.65. The van der Waals surface area contributed by atoms with Crippen LogP contribution in [0.1, 0.15) is 18.9 Å². The maximum absolute atomic E-state index is 15.5. The Kier molecular flexibility index (Phi) is 5.92. The Morgan fingerprint density at radius 2 is 2.02 bits per heavy atom. The van der Waals surface area contributed by atoms with E-state index in [1.54, 1.807) is 0 Å². The van der Waals surface area contributed by atoms with Crippen molar-refractivity contribution < 1.29 is 38.0 Å². The minimum absolute atomic E-state index is 0.0377. The van der Waals surface area contributed by atoms with Gasteiger partial charge in [0.05, 0.1) is 25.4 Å². The summed E-state index contributed by atoms with van der Waals surface area (Å²) in [5, 5.41) is 28.1. The van der Waals surface area contributed by atoms with E-state index in [9.17, 15) is 24.7 Å². The molecule has 0 aromatic carbocycles. The van der Waals surface area contributed by atoms with Gasteiger partial charge in [0.1, 0.15) is 18.3 Å². The summed E-state index contributed by atoms with van der Waals surface area (Å²) < 4.78 is 40.3. The lowest BCUT2D eigenvalue weighted by Gasteiger charge is -2.26. The molecular weight excluding hydrogens is 594 g/mol. The number of anilines is 1. The van der Waals surface area contributed by atoms with Gasteiger partial charge >= 0.3 is 6.72 Å². The van der Waals surface area contributed by atoms with Crippen molar-refractivity contribution in [3.8, 4) is 0 Å². The zero-order valence-corrected chi connectivity index (χ0v) is 22.1. The molecule has 1 aliphatic carbocycles. The zero-order chi connectivity index (χ0) is 28.8. The average molecular weight is 614 g/mol. The number of aliphatic hydroxyl groups is 2. The molecule has 2 saturated heterocycles. The number of aromatic nitrogens is 9. The van der Waals surface area contributed by atoms with Gasteiger partial charge in [-0.15, -0.1) is 5.10 Å². The number of nitrogen functional groups attached to an aromatic ring is 1. The Morgan fingerprint density at radius 3 is 2.76 bits per heavy atom.